The maximum atomic E-state index is 12.2. The first kappa shape index (κ1) is 15.4. The molecule has 0 aliphatic carbocycles. The van der Waals surface area contributed by atoms with Crippen LogP contribution in [0.1, 0.15) is 30.4 Å². The summed E-state index contributed by atoms with van der Waals surface area (Å²) in [6.07, 6.45) is 2.38. The zero-order valence-electron chi connectivity index (χ0n) is 11.8. The van der Waals surface area contributed by atoms with E-state index in [9.17, 15) is 4.79 Å². The van der Waals surface area contributed by atoms with Crippen molar-refractivity contribution < 1.29 is 4.79 Å². The average Bonchev–Trinajstić information content (AvgIpc) is 2.51. The Bertz CT molecular complexity index is 608. The lowest BCUT2D eigenvalue weighted by Crippen LogP contribution is -2.25. The van der Waals surface area contributed by atoms with Gasteiger partial charge in [-0.15, -0.1) is 0 Å². The van der Waals surface area contributed by atoms with Gasteiger partial charge in [0, 0.05) is 4.47 Å². The van der Waals surface area contributed by atoms with Crippen LogP contribution in [0.25, 0.3) is 0 Å². The third-order valence-corrected chi connectivity index (χ3v) is 3.71. The molecule has 0 bridgehead atoms. The zero-order chi connectivity index (χ0) is 15.1. The molecule has 108 valence electrons. The number of amides is 1. The Morgan fingerprint density at radius 3 is 2.48 bits per heavy atom. The summed E-state index contributed by atoms with van der Waals surface area (Å²) in [5, 5.41) is 4.03. The lowest BCUT2D eigenvalue weighted by Gasteiger charge is -2.12. The van der Waals surface area contributed by atoms with E-state index in [-0.39, 0.29) is 11.8 Å². The second-order valence-electron chi connectivity index (χ2n) is 4.66. The molecule has 2 rings (SSSR count). The van der Waals surface area contributed by atoms with Crippen molar-refractivity contribution in [3.63, 3.8) is 0 Å². The molecule has 0 fully saturated rings. The van der Waals surface area contributed by atoms with Gasteiger partial charge in [-0.05, 0) is 29.7 Å². The highest BCUT2D eigenvalue weighted by Crippen LogP contribution is 2.19. The number of nitrogens with one attached hydrogen (secondary N) is 1. The van der Waals surface area contributed by atoms with Gasteiger partial charge in [0.25, 0.3) is 0 Å². The molecule has 0 saturated heterocycles. The van der Waals surface area contributed by atoms with E-state index in [1.54, 1.807) is 6.21 Å². The van der Waals surface area contributed by atoms with Crippen LogP contribution in [0.2, 0.25) is 0 Å². The zero-order valence-corrected chi connectivity index (χ0v) is 13.4. The van der Waals surface area contributed by atoms with Crippen LogP contribution in [-0.4, -0.2) is 12.1 Å². The van der Waals surface area contributed by atoms with E-state index < -0.39 is 0 Å². The fourth-order valence-corrected chi connectivity index (χ4v) is 2.32. The smallest absolute Gasteiger partial charge is 0.247 e. The number of nitrogens with zero attached hydrogens (tertiary/aromatic N) is 1. The summed E-state index contributed by atoms with van der Waals surface area (Å²) in [5.41, 5.74) is 4.56. The molecule has 4 heteroatoms. The number of carbonyl (C=O) groups excluding carboxylic acids is 1. The van der Waals surface area contributed by atoms with Crippen molar-refractivity contribution in [2.24, 2.45) is 5.10 Å². The molecule has 1 atom stereocenters. The Balaban J connectivity index is 1.98. The summed E-state index contributed by atoms with van der Waals surface area (Å²) in [7, 11) is 0. The van der Waals surface area contributed by atoms with Crippen LogP contribution in [0, 0.1) is 0 Å². The normalized spacial score (nSPS) is 12.3. The highest BCUT2D eigenvalue weighted by atomic mass is 79.9. The highest BCUT2D eigenvalue weighted by molar-refractivity contribution is 9.10. The molecule has 0 spiro atoms. The molecule has 0 aliphatic rings. The van der Waals surface area contributed by atoms with Gasteiger partial charge in [-0.25, -0.2) is 5.43 Å². The minimum absolute atomic E-state index is 0.0861. The molecular weight excluding hydrogens is 328 g/mol. The molecule has 0 radical (unpaired) electrons. The monoisotopic (exact) mass is 344 g/mol. The van der Waals surface area contributed by atoms with E-state index in [2.05, 4.69) is 26.5 Å². The van der Waals surface area contributed by atoms with Crippen molar-refractivity contribution in [2.75, 3.05) is 0 Å². The van der Waals surface area contributed by atoms with Gasteiger partial charge in [0.2, 0.25) is 5.91 Å². The largest absolute Gasteiger partial charge is 0.272 e. The van der Waals surface area contributed by atoms with Crippen molar-refractivity contribution in [3.05, 3.63) is 70.2 Å². The number of hydrogen-bond donors (Lipinski definition) is 1. The Morgan fingerprint density at radius 2 is 1.86 bits per heavy atom. The summed E-state index contributed by atoms with van der Waals surface area (Å²) < 4.78 is 1.01. The molecule has 2 aromatic carbocycles. The standard InChI is InChI=1S/C17H17BrN2O/c1-2-16(14-6-4-3-5-7-14)17(21)20-19-12-13-8-10-15(18)11-9-13/h3-12,16H,2H2,1H3,(H,20,21)/b19-12-/t16-/m1/s1. The second-order valence-corrected chi connectivity index (χ2v) is 5.57. The van der Waals surface area contributed by atoms with Gasteiger partial charge in [-0.2, -0.15) is 5.10 Å². The molecule has 3 nitrogen and oxygen atoms in total. The summed E-state index contributed by atoms with van der Waals surface area (Å²) >= 11 is 3.38. The van der Waals surface area contributed by atoms with E-state index in [4.69, 9.17) is 0 Å². The average molecular weight is 345 g/mol. The van der Waals surface area contributed by atoms with Crippen LogP contribution in [0.15, 0.2) is 64.2 Å². The lowest BCUT2D eigenvalue weighted by molar-refractivity contribution is -0.122. The van der Waals surface area contributed by atoms with Crippen molar-refractivity contribution in [2.45, 2.75) is 19.3 Å². The predicted octanol–water partition coefficient (Wildman–Crippen LogP) is 4.09. The fourth-order valence-electron chi connectivity index (χ4n) is 2.06. The Morgan fingerprint density at radius 1 is 1.19 bits per heavy atom. The van der Waals surface area contributed by atoms with E-state index in [1.165, 1.54) is 0 Å². The fraction of sp³-hybridized carbons (Fsp3) is 0.176. The van der Waals surface area contributed by atoms with Crippen molar-refractivity contribution in [1.29, 1.82) is 0 Å². The van der Waals surface area contributed by atoms with E-state index in [0.29, 0.717) is 0 Å². The SMILES string of the molecule is CC[C@@H](C(=O)N/N=C\c1ccc(Br)cc1)c1ccccc1. The van der Waals surface area contributed by atoms with Gasteiger partial charge in [-0.1, -0.05) is 65.3 Å². The third kappa shape index (κ3) is 4.53. The number of benzene rings is 2. The van der Waals surface area contributed by atoms with Crippen LogP contribution < -0.4 is 5.43 Å². The number of hydrogen-bond acceptors (Lipinski definition) is 2. The van der Waals surface area contributed by atoms with Gasteiger partial charge in [0.15, 0.2) is 0 Å². The summed E-state index contributed by atoms with van der Waals surface area (Å²) in [6.45, 7) is 2.00. The molecule has 1 amide bonds. The van der Waals surface area contributed by atoms with Gasteiger partial charge < -0.3 is 0 Å². The van der Waals surface area contributed by atoms with Crippen molar-refractivity contribution >= 4 is 28.1 Å². The molecule has 0 aromatic heterocycles. The Labute approximate surface area is 133 Å². The molecule has 1 N–H and O–H groups in total. The molecule has 0 unspecified atom stereocenters. The molecule has 21 heavy (non-hydrogen) atoms. The summed E-state index contributed by atoms with van der Waals surface area (Å²) in [5.74, 6) is -0.259. The van der Waals surface area contributed by atoms with E-state index >= 15 is 0 Å². The van der Waals surface area contributed by atoms with E-state index in [0.717, 1.165) is 22.0 Å². The minimum Gasteiger partial charge on any atom is -0.272 e. The number of hydrazone groups is 1. The molecular formula is C17H17BrN2O. The van der Waals surface area contributed by atoms with Crippen molar-refractivity contribution in [1.82, 2.24) is 5.43 Å². The molecule has 2 aromatic rings. The van der Waals surface area contributed by atoms with Gasteiger partial charge >= 0.3 is 0 Å². The van der Waals surface area contributed by atoms with E-state index in [1.807, 2.05) is 61.5 Å². The highest BCUT2D eigenvalue weighted by Gasteiger charge is 2.17. The van der Waals surface area contributed by atoms with Crippen LogP contribution in [0.5, 0.6) is 0 Å². The van der Waals surface area contributed by atoms with Crippen LogP contribution >= 0.6 is 15.9 Å². The predicted molar refractivity (Wildman–Crippen MR) is 89.4 cm³/mol. The molecule has 0 heterocycles. The minimum atomic E-state index is -0.173. The summed E-state index contributed by atoms with van der Waals surface area (Å²) in [6, 6.07) is 17.5. The maximum absolute atomic E-state index is 12.2. The second kappa shape index (κ2) is 7.74. The van der Waals surface area contributed by atoms with Crippen LogP contribution in [0.4, 0.5) is 0 Å². The number of halogens is 1. The van der Waals surface area contributed by atoms with Gasteiger partial charge in [0.1, 0.15) is 0 Å². The first-order valence-corrected chi connectivity index (χ1v) is 7.63. The Hall–Kier alpha value is -1.94. The topological polar surface area (TPSA) is 41.5 Å². The number of carbonyl (C=O) groups is 1. The maximum Gasteiger partial charge on any atom is 0.247 e. The van der Waals surface area contributed by atoms with Crippen LogP contribution in [-0.2, 0) is 4.79 Å². The third-order valence-electron chi connectivity index (χ3n) is 3.19. The first-order chi connectivity index (χ1) is 10.2. The van der Waals surface area contributed by atoms with Crippen molar-refractivity contribution in [3.8, 4) is 0 Å². The lowest BCUT2D eigenvalue weighted by atomic mass is 9.96. The van der Waals surface area contributed by atoms with Gasteiger partial charge in [0.05, 0.1) is 12.1 Å². The molecule has 0 aliphatic heterocycles. The quantitative estimate of drug-likeness (QED) is 0.644. The van der Waals surface area contributed by atoms with Gasteiger partial charge in [-0.3, -0.25) is 4.79 Å². The molecule has 0 saturated carbocycles. The number of rotatable bonds is 5. The van der Waals surface area contributed by atoms with Crippen LogP contribution in [0.3, 0.4) is 0 Å². The first-order valence-electron chi connectivity index (χ1n) is 6.84. The Kier molecular flexibility index (Phi) is 5.69. The summed E-state index contributed by atoms with van der Waals surface area (Å²) in [4.78, 5) is 12.2.